The number of hydrogen-bond acceptors (Lipinski definition) is 3. The van der Waals surface area contributed by atoms with Gasteiger partial charge in [-0.05, 0) is 29.0 Å². The van der Waals surface area contributed by atoms with E-state index in [2.05, 4.69) is 5.10 Å². The molecule has 1 heterocycles. The number of aromatic hydroxyl groups is 1. The number of aromatic carboxylic acids is 1. The topological polar surface area (TPSA) is 75.3 Å². The van der Waals surface area contributed by atoms with Crippen molar-refractivity contribution in [2.45, 2.75) is 39.5 Å². The molecule has 0 amide bonds. The van der Waals surface area contributed by atoms with Gasteiger partial charge in [0.15, 0.2) is 5.69 Å². The fourth-order valence-corrected chi connectivity index (χ4v) is 2.64. The molecular weight excluding hydrogens is 280 g/mol. The molecule has 22 heavy (non-hydrogen) atoms. The maximum Gasteiger partial charge on any atom is 0.356 e. The number of phenols is 1. The summed E-state index contributed by atoms with van der Waals surface area (Å²) in [5.41, 5.74) is 3.07. The van der Waals surface area contributed by atoms with E-state index in [1.807, 2.05) is 39.8 Å². The summed E-state index contributed by atoms with van der Waals surface area (Å²) in [6.07, 6.45) is 0. The van der Waals surface area contributed by atoms with Crippen LogP contribution in [0.15, 0.2) is 18.2 Å². The van der Waals surface area contributed by atoms with Gasteiger partial charge in [-0.1, -0.05) is 39.8 Å². The van der Waals surface area contributed by atoms with Crippen LogP contribution in [0.3, 0.4) is 0 Å². The highest BCUT2D eigenvalue weighted by atomic mass is 16.4. The third-order valence-electron chi connectivity index (χ3n) is 3.84. The summed E-state index contributed by atoms with van der Waals surface area (Å²) >= 11 is 0. The number of nitrogens with zero attached hydrogens (tertiary/aromatic N) is 2. The Morgan fingerprint density at radius 1 is 1.14 bits per heavy atom. The number of aryl methyl sites for hydroxylation is 1. The third-order valence-corrected chi connectivity index (χ3v) is 3.84. The van der Waals surface area contributed by atoms with Crippen LogP contribution < -0.4 is 0 Å². The van der Waals surface area contributed by atoms with Crippen molar-refractivity contribution in [1.82, 2.24) is 9.78 Å². The lowest BCUT2D eigenvalue weighted by atomic mass is 9.89. The first-order valence-corrected chi connectivity index (χ1v) is 7.37. The number of rotatable bonds is 4. The standard InChI is InChI=1S/C17H22N2O3/c1-9(2)11-6-7-12(10(3)4)16(20)15(11)14-8-13(17(21)22)18-19(14)5/h6-10,20H,1-5H3,(H,21,22). The van der Waals surface area contributed by atoms with E-state index in [9.17, 15) is 9.90 Å². The summed E-state index contributed by atoms with van der Waals surface area (Å²) < 4.78 is 1.51. The van der Waals surface area contributed by atoms with E-state index >= 15 is 0 Å². The zero-order valence-corrected chi connectivity index (χ0v) is 13.6. The van der Waals surface area contributed by atoms with Crippen molar-refractivity contribution >= 4 is 5.97 Å². The normalized spacial score (nSPS) is 11.4. The molecule has 0 radical (unpaired) electrons. The van der Waals surface area contributed by atoms with Crippen LogP contribution in [0.2, 0.25) is 0 Å². The van der Waals surface area contributed by atoms with Crippen LogP contribution in [0.25, 0.3) is 11.3 Å². The number of benzene rings is 1. The average Bonchev–Trinajstić information content (AvgIpc) is 2.79. The monoisotopic (exact) mass is 302 g/mol. The van der Waals surface area contributed by atoms with E-state index in [0.29, 0.717) is 11.3 Å². The molecule has 0 spiro atoms. The minimum Gasteiger partial charge on any atom is -0.507 e. The van der Waals surface area contributed by atoms with Gasteiger partial charge in [-0.15, -0.1) is 0 Å². The molecular formula is C17H22N2O3. The Morgan fingerprint density at radius 2 is 1.68 bits per heavy atom. The second kappa shape index (κ2) is 5.83. The second-order valence-corrected chi connectivity index (χ2v) is 6.12. The zero-order chi connectivity index (χ0) is 16.6. The average molecular weight is 302 g/mol. The molecule has 5 nitrogen and oxygen atoms in total. The minimum atomic E-state index is -1.08. The largest absolute Gasteiger partial charge is 0.507 e. The van der Waals surface area contributed by atoms with E-state index < -0.39 is 5.97 Å². The molecule has 5 heteroatoms. The maximum atomic E-state index is 11.1. The van der Waals surface area contributed by atoms with Gasteiger partial charge in [-0.25, -0.2) is 4.79 Å². The summed E-state index contributed by atoms with van der Waals surface area (Å²) in [5, 5.41) is 23.9. The van der Waals surface area contributed by atoms with Gasteiger partial charge in [0.25, 0.3) is 0 Å². The quantitative estimate of drug-likeness (QED) is 0.902. The predicted octanol–water partition coefficient (Wildman–Crippen LogP) is 3.74. The van der Waals surface area contributed by atoms with E-state index in [-0.39, 0.29) is 23.3 Å². The number of hydrogen-bond donors (Lipinski definition) is 2. The number of phenolic OH excluding ortho intramolecular Hbond substituents is 1. The molecule has 0 aliphatic heterocycles. The Balaban J connectivity index is 2.77. The molecule has 2 rings (SSSR count). The van der Waals surface area contributed by atoms with Gasteiger partial charge in [0.05, 0.1) is 5.69 Å². The molecule has 1 aromatic heterocycles. The summed E-state index contributed by atoms with van der Waals surface area (Å²) in [6, 6.07) is 5.45. The summed E-state index contributed by atoms with van der Waals surface area (Å²) in [5.74, 6) is -0.494. The SMILES string of the molecule is CC(C)c1ccc(C(C)C)c(-c2cc(C(=O)O)nn2C)c1O. The second-order valence-electron chi connectivity index (χ2n) is 6.12. The van der Waals surface area contributed by atoms with Crippen molar-refractivity contribution in [1.29, 1.82) is 0 Å². The summed E-state index contributed by atoms with van der Waals surface area (Å²) in [7, 11) is 1.69. The van der Waals surface area contributed by atoms with Crippen molar-refractivity contribution in [3.8, 4) is 17.0 Å². The fraction of sp³-hybridized carbons (Fsp3) is 0.412. The Morgan fingerprint density at radius 3 is 2.14 bits per heavy atom. The Kier molecular flexibility index (Phi) is 4.26. The first-order chi connectivity index (χ1) is 10.2. The van der Waals surface area contributed by atoms with Gasteiger partial charge in [0, 0.05) is 12.6 Å². The Labute approximate surface area is 130 Å². The highest BCUT2D eigenvalue weighted by molar-refractivity contribution is 5.88. The fourth-order valence-electron chi connectivity index (χ4n) is 2.64. The first kappa shape index (κ1) is 16.1. The molecule has 0 atom stereocenters. The number of aromatic nitrogens is 2. The van der Waals surface area contributed by atoms with E-state index in [1.165, 1.54) is 10.7 Å². The van der Waals surface area contributed by atoms with Crippen LogP contribution in [-0.2, 0) is 7.05 Å². The molecule has 118 valence electrons. The molecule has 2 N–H and O–H groups in total. The lowest BCUT2D eigenvalue weighted by molar-refractivity contribution is 0.0689. The van der Waals surface area contributed by atoms with Crippen molar-refractivity contribution in [3.63, 3.8) is 0 Å². The molecule has 0 unspecified atom stereocenters. The Hall–Kier alpha value is -2.30. The van der Waals surface area contributed by atoms with E-state index in [1.54, 1.807) is 7.05 Å². The number of carboxylic acid groups (broad SMARTS) is 1. The minimum absolute atomic E-state index is 0.0263. The van der Waals surface area contributed by atoms with Crippen LogP contribution in [0.4, 0.5) is 0 Å². The highest BCUT2D eigenvalue weighted by Gasteiger charge is 2.22. The van der Waals surface area contributed by atoms with Crippen LogP contribution in [0, 0.1) is 0 Å². The Bertz CT molecular complexity index is 715. The molecule has 0 bridgehead atoms. The lowest BCUT2D eigenvalue weighted by Gasteiger charge is -2.19. The molecule has 0 fully saturated rings. The highest BCUT2D eigenvalue weighted by Crippen LogP contribution is 2.41. The van der Waals surface area contributed by atoms with Gasteiger partial charge in [-0.3, -0.25) is 4.68 Å². The van der Waals surface area contributed by atoms with Crippen molar-refractivity contribution < 1.29 is 15.0 Å². The third kappa shape index (κ3) is 2.71. The van der Waals surface area contributed by atoms with Crippen LogP contribution >= 0.6 is 0 Å². The zero-order valence-electron chi connectivity index (χ0n) is 13.6. The van der Waals surface area contributed by atoms with Gasteiger partial charge in [0.1, 0.15) is 5.75 Å². The van der Waals surface area contributed by atoms with Gasteiger partial charge < -0.3 is 10.2 Å². The van der Waals surface area contributed by atoms with Crippen LogP contribution in [0.5, 0.6) is 5.75 Å². The van der Waals surface area contributed by atoms with Gasteiger partial charge in [0.2, 0.25) is 0 Å². The maximum absolute atomic E-state index is 11.1. The number of carboxylic acids is 1. The predicted molar refractivity (Wildman–Crippen MR) is 85.4 cm³/mol. The van der Waals surface area contributed by atoms with E-state index in [0.717, 1.165) is 11.1 Å². The molecule has 2 aromatic rings. The summed E-state index contributed by atoms with van der Waals surface area (Å²) in [6.45, 7) is 8.11. The van der Waals surface area contributed by atoms with Crippen molar-refractivity contribution in [3.05, 3.63) is 35.0 Å². The molecule has 0 aliphatic rings. The van der Waals surface area contributed by atoms with E-state index in [4.69, 9.17) is 5.11 Å². The molecule has 0 aliphatic carbocycles. The van der Waals surface area contributed by atoms with Crippen molar-refractivity contribution in [2.75, 3.05) is 0 Å². The van der Waals surface area contributed by atoms with Crippen LogP contribution in [0.1, 0.15) is 61.1 Å². The van der Waals surface area contributed by atoms with Gasteiger partial charge >= 0.3 is 5.97 Å². The number of carbonyl (C=O) groups is 1. The molecule has 0 saturated heterocycles. The molecule has 1 aromatic carbocycles. The van der Waals surface area contributed by atoms with Crippen LogP contribution in [-0.4, -0.2) is 26.0 Å². The first-order valence-electron chi connectivity index (χ1n) is 7.37. The smallest absolute Gasteiger partial charge is 0.356 e. The summed E-state index contributed by atoms with van der Waals surface area (Å²) in [4.78, 5) is 11.1. The van der Waals surface area contributed by atoms with Gasteiger partial charge in [-0.2, -0.15) is 5.10 Å². The lowest BCUT2D eigenvalue weighted by Crippen LogP contribution is -2.02. The van der Waals surface area contributed by atoms with Crippen molar-refractivity contribution in [2.24, 2.45) is 7.05 Å². The molecule has 0 saturated carbocycles.